The van der Waals surface area contributed by atoms with E-state index in [1.807, 2.05) is 24.3 Å². The first-order chi connectivity index (χ1) is 23.6. The molecule has 3 unspecified atom stereocenters. The highest BCUT2D eigenvalue weighted by Gasteiger charge is 2.56. The maximum absolute atomic E-state index is 14.0. The number of rotatable bonds is 11. The van der Waals surface area contributed by atoms with Gasteiger partial charge in [0, 0.05) is 43.9 Å². The van der Waals surface area contributed by atoms with Crippen LogP contribution in [0.4, 0.5) is 26.3 Å². The number of carbonyl (C=O) groups is 1. The predicted molar refractivity (Wildman–Crippen MR) is 173 cm³/mol. The summed E-state index contributed by atoms with van der Waals surface area (Å²) in [5.74, 6) is -1.21. The van der Waals surface area contributed by atoms with Crippen molar-refractivity contribution >= 4 is 17.2 Å². The van der Waals surface area contributed by atoms with Gasteiger partial charge in [-0.2, -0.15) is 26.3 Å². The number of piperidine rings is 2. The third kappa shape index (κ3) is 7.81. The van der Waals surface area contributed by atoms with Crippen molar-refractivity contribution in [3.05, 3.63) is 81.3 Å². The molecule has 3 N–H and O–H groups in total. The summed E-state index contributed by atoms with van der Waals surface area (Å²) < 4.78 is 89.3. The standard InChI is InChI=1S/C35H41F6N3O5S/c1-2-8-27-33(49-24-21-28(50-22-24)35(39,40)41,13-7-17-44(27)30(46)29-26(34(36,37)38)12-5-16-42-29)31(47)43-18-14-32(48,15-19-43)25-11-4-3-9-23(25)10-6-20-45/h3-5,9,11-12,16,21-22,27,31,45,47-48H,2,6-8,10,13-15,17-20H2,1H3. The molecule has 0 bridgehead atoms. The van der Waals surface area contributed by atoms with Crippen molar-refractivity contribution in [3.8, 4) is 5.75 Å². The normalized spacial score (nSPS) is 22.4. The topological polar surface area (TPSA) is 106 Å². The number of benzene rings is 1. The van der Waals surface area contributed by atoms with Gasteiger partial charge >= 0.3 is 12.4 Å². The molecule has 1 aromatic carbocycles. The Labute approximate surface area is 290 Å². The Balaban J connectivity index is 1.51. The van der Waals surface area contributed by atoms with E-state index >= 15 is 0 Å². The van der Waals surface area contributed by atoms with Gasteiger partial charge in [-0.1, -0.05) is 37.6 Å². The highest BCUT2D eigenvalue weighted by atomic mass is 32.1. The van der Waals surface area contributed by atoms with Crippen LogP contribution >= 0.6 is 11.3 Å². The van der Waals surface area contributed by atoms with Gasteiger partial charge in [0.05, 0.1) is 17.2 Å². The van der Waals surface area contributed by atoms with Gasteiger partial charge in [-0.05, 0) is 68.2 Å². The molecule has 0 spiro atoms. The minimum atomic E-state index is -4.88. The van der Waals surface area contributed by atoms with Crippen LogP contribution in [-0.4, -0.2) is 80.1 Å². The molecule has 3 aromatic rings. The van der Waals surface area contributed by atoms with Crippen LogP contribution in [-0.2, 0) is 24.4 Å². The van der Waals surface area contributed by atoms with Gasteiger partial charge in [-0.3, -0.25) is 14.7 Å². The van der Waals surface area contributed by atoms with Crippen molar-refractivity contribution in [1.82, 2.24) is 14.8 Å². The van der Waals surface area contributed by atoms with E-state index in [1.165, 1.54) is 10.3 Å². The monoisotopic (exact) mass is 729 g/mol. The van der Waals surface area contributed by atoms with Crippen molar-refractivity contribution in [1.29, 1.82) is 0 Å². The number of halogens is 6. The van der Waals surface area contributed by atoms with Crippen molar-refractivity contribution in [2.45, 2.75) is 94.1 Å². The lowest BCUT2D eigenvalue weighted by Crippen LogP contribution is -2.70. The number of hydrogen-bond donors (Lipinski definition) is 3. The number of aryl methyl sites for hydroxylation is 1. The smallest absolute Gasteiger partial charge is 0.425 e. The summed E-state index contributed by atoms with van der Waals surface area (Å²) in [5.41, 5.74) is -3.47. The van der Waals surface area contributed by atoms with Crippen LogP contribution in [0.2, 0.25) is 0 Å². The minimum Gasteiger partial charge on any atom is -0.480 e. The zero-order chi connectivity index (χ0) is 36.3. The molecule has 274 valence electrons. The first-order valence-electron chi connectivity index (χ1n) is 16.7. The largest absolute Gasteiger partial charge is 0.480 e. The Morgan fingerprint density at radius 1 is 1.06 bits per heavy atom. The number of carbonyl (C=O) groups excluding carboxylic acids is 1. The molecule has 4 heterocycles. The Morgan fingerprint density at radius 3 is 2.42 bits per heavy atom. The molecule has 15 heteroatoms. The van der Waals surface area contributed by atoms with E-state index in [1.54, 1.807) is 11.8 Å². The van der Waals surface area contributed by atoms with E-state index in [2.05, 4.69) is 4.98 Å². The first kappa shape index (κ1) is 38.0. The maximum Gasteiger partial charge on any atom is 0.425 e. The van der Waals surface area contributed by atoms with E-state index in [4.69, 9.17) is 4.74 Å². The maximum atomic E-state index is 14.0. The number of amides is 1. The number of aliphatic hydroxyl groups is 3. The van der Waals surface area contributed by atoms with E-state index < -0.39 is 57.9 Å². The lowest BCUT2D eigenvalue weighted by molar-refractivity contribution is -0.193. The second-order valence-electron chi connectivity index (χ2n) is 12.9. The zero-order valence-corrected chi connectivity index (χ0v) is 28.3. The van der Waals surface area contributed by atoms with E-state index in [9.17, 15) is 46.5 Å². The molecule has 2 aliphatic rings. The summed E-state index contributed by atoms with van der Waals surface area (Å²) in [4.78, 5) is 19.7. The molecule has 2 saturated heterocycles. The van der Waals surface area contributed by atoms with Crippen LogP contribution < -0.4 is 4.74 Å². The molecule has 3 atom stereocenters. The second-order valence-corrected chi connectivity index (χ2v) is 13.8. The molecule has 1 amide bonds. The molecule has 2 aliphatic heterocycles. The van der Waals surface area contributed by atoms with Gasteiger partial charge in [-0.15, -0.1) is 11.3 Å². The quantitative estimate of drug-likeness (QED) is 0.190. The van der Waals surface area contributed by atoms with Gasteiger partial charge in [0.2, 0.25) is 0 Å². The number of aromatic nitrogens is 1. The fourth-order valence-corrected chi connectivity index (χ4v) is 8.04. The van der Waals surface area contributed by atoms with Gasteiger partial charge in [0.15, 0.2) is 5.60 Å². The molecule has 8 nitrogen and oxygen atoms in total. The van der Waals surface area contributed by atoms with Gasteiger partial charge in [0.1, 0.15) is 22.5 Å². The number of nitrogens with zero attached hydrogens (tertiary/aromatic N) is 3. The van der Waals surface area contributed by atoms with Gasteiger partial charge in [0.25, 0.3) is 5.91 Å². The number of hydrogen-bond acceptors (Lipinski definition) is 8. The number of thiophene rings is 1. The van der Waals surface area contributed by atoms with Crippen LogP contribution in [0, 0.1) is 0 Å². The van der Waals surface area contributed by atoms with Crippen molar-refractivity contribution in [3.63, 3.8) is 0 Å². The fraction of sp³-hybridized carbons (Fsp3) is 0.543. The van der Waals surface area contributed by atoms with Crippen molar-refractivity contribution in [2.24, 2.45) is 0 Å². The number of pyridine rings is 1. The summed E-state index contributed by atoms with van der Waals surface area (Å²) in [7, 11) is 0. The highest BCUT2D eigenvalue weighted by Crippen LogP contribution is 2.45. The van der Waals surface area contributed by atoms with Crippen LogP contribution in [0.5, 0.6) is 5.75 Å². The molecule has 0 saturated carbocycles. The highest BCUT2D eigenvalue weighted by molar-refractivity contribution is 7.10. The molecule has 2 fully saturated rings. The molecule has 50 heavy (non-hydrogen) atoms. The summed E-state index contributed by atoms with van der Waals surface area (Å²) >= 11 is 0.409. The number of ether oxygens (including phenoxy) is 1. The summed E-state index contributed by atoms with van der Waals surface area (Å²) in [5, 5.41) is 34.6. The Kier molecular flexibility index (Phi) is 11.5. The van der Waals surface area contributed by atoms with Gasteiger partial charge in [-0.25, -0.2) is 0 Å². The van der Waals surface area contributed by atoms with E-state index in [0.717, 1.165) is 30.0 Å². The van der Waals surface area contributed by atoms with Gasteiger partial charge < -0.3 is 25.0 Å². The van der Waals surface area contributed by atoms with Crippen LogP contribution in [0.15, 0.2) is 54.0 Å². The average molecular weight is 730 g/mol. The van der Waals surface area contributed by atoms with Crippen molar-refractivity contribution < 1.29 is 51.2 Å². The predicted octanol–water partition coefficient (Wildman–Crippen LogP) is 6.63. The summed E-state index contributed by atoms with van der Waals surface area (Å²) in [6.07, 6.45) is -7.75. The number of alkyl halides is 6. The van der Waals surface area contributed by atoms with Crippen LogP contribution in [0.3, 0.4) is 0 Å². The third-order valence-electron chi connectivity index (χ3n) is 9.74. The van der Waals surface area contributed by atoms with E-state index in [0.29, 0.717) is 36.2 Å². The molecule has 0 aliphatic carbocycles. The molecule has 5 rings (SSSR count). The summed E-state index contributed by atoms with van der Waals surface area (Å²) in [6, 6.07) is 8.98. The van der Waals surface area contributed by atoms with E-state index in [-0.39, 0.29) is 64.1 Å². The number of likely N-dealkylation sites (tertiary alicyclic amines) is 2. The molecule has 0 radical (unpaired) electrons. The van der Waals surface area contributed by atoms with Crippen LogP contribution in [0.25, 0.3) is 0 Å². The molecular formula is C35H41F6N3O5S. The molecular weight excluding hydrogens is 688 g/mol. The average Bonchev–Trinajstić information content (AvgIpc) is 3.57. The SMILES string of the molecule is CCCC1N(C(=O)c2ncccc2C(F)(F)F)CCCC1(Oc1csc(C(F)(F)F)c1)C(O)N1CCC(O)(c2ccccc2CCCO)CC1. The lowest BCUT2D eigenvalue weighted by atomic mass is 9.77. The lowest BCUT2D eigenvalue weighted by Gasteiger charge is -2.54. The summed E-state index contributed by atoms with van der Waals surface area (Å²) in [6.45, 7) is 2.06. The number of aliphatic hydroxyl groups excluding tert-OH is 2. The minimum absolute atomic E-state index is 0.0109. The zero-order valence-electron chi connectivity index (χ0n) is 27.5. The van der Waals surface area contributed by atoms with Crippen molar-refractivity contribution in [2.75, 3.05) is 26.2 Å². The third-order valence-corrected chi connectivity index (χ3v) is 10.7. The fourth-order valence-electron chi connectivity index (χ4n) is 7.36. The molecule has 2 aromatic heterocycles. The second kappa shape index (κ2) is 15.2. The first-order valence-corrected chi connectivity index (χ1v) is 17.5. The Bertz CT molecular complexity index is 1610. The Morgan fingerprint density at radius 2 is 1.78 bits per heavy atom. The Hall–Kier alpha value is -3.24. The van der Waals surface area contributed by atoms with Crippen LogP contribution in [0.1, 0.15) is 83.9 Å².